The molecule has 0 saturated heterocycles. The molecule has 0 radical (unpaired) electrons. The summed E-state index contributed by atoms with van der Waals surface area (Å²) in [6, 6.07) is 5.92. The Morgan fingerprint density at radius 3 is 2.33 bits per heavy atom. The number of aromatic nitrogens is 2. The van der Waals surface area contributed by atoms with Crippen LogP contribution in [-0.4, -0.2) is 30.3 Å². The van der Waals surface area contributed by atoms with Gasteiger partial charge in [0, 0.05) is 25.0 Å². The summed E-state index contributed by atoms with van der Waals surface area (Å²) in [5.74, 6) is 2.55. The molecule has 0 bridgehead atoms. The van der Waals surface area contributed by atoms with Gasteiger partial charge in [0.1, 0.15) is 17.3 Å². The van der Waals surface area contributed by atoms with E-state index in [0.717, 1.165) is 36.0 Å². The van der Waals surface area contributed by atoms with Gasteiger partial charge in [-0.3, -0.25) is 0 Å². The Balaban J connectivity index is 2.47. The minimum atomic E-state index is 0.00829. The highest BCUT2D eigenvalue weighted by atomic mass is 16.5. The molecule has 0 saturated carbocycles. The molecular formula is C16H23N3O2. The molecule has 2 rings (SSSR count). The largest absolute Gasteiger partial charge is 0.497 e. The maximum Gasteiger partial charge on any atom is 0.130 e. The molecule has 0 amide bonds. The lowest BCUT2D eigenvalue weighted by Crippen LogP contribution is -2.25. The van der Waals surface area contributed by atoms with Crippen LogP contribution < -0.4 is 14.8 Å². The first-order valence-electron chi connectivity index (χ1n) is 7.20. The highest BCUT2D eigenvalue weighted by Crippen LogP contribution is 2.29. The molecule has 0 aliphatic heterocycles. The maximum absolute atomic E-state index is 5.36. The summed E-state index contributed by atoms with van der Waals surface area (Å²) in [5, 5.41) is 3.48. The van der Waals surface area contributed by atoms with E-state index in [1.807, 2.05) is 30.6 Å². The highest BCUT2D eigenvalue weighted by molar-refractivity contribution is 5.41. The van der Waals surface area contributed by atoms with Gasteiger partial charge in [-0.05, 0) is 31.2 Å². The number of benzene rings is 1. The summed E-state index contributed by atoms with van der Waals surface area (Å²) in [6.07, 6.45) is 3.83. The number of imidazole rings is 1. The average Bonchev–Trinajstić information content (AvgIpc) is 3.00. The first-order chi connectivity index (χ1) is 10.2. The number of hydrogen-bond donors (Lipinski definition) is 1. The lowest BCUT2D eigenvalue weighted by Gasteiger charge is -2.20. The molecule has 1 aromatic carbocycles. The second-order valence-corrected chi connectivity index (χ2v) is 4.71. The van der Waals surface area contributed by atoms with Gasteiger partial charge in [-0.25, -0.2) is 4.98 Å². The average molecular weight is 289 g/mol. The third-order valence-corrected chi connectivity index (χ3v) is 3.46. The van der Waals surface area contributed by atoms with Gasteiger partial charge in [-0.2, -0.15) is 0 Å². The molecule has 1 unspecified atom stereocenters. The molecular weight excluding hydrogens is 266 g/mol. The smallest absolute Gasteiger partial charge is 0.130 e. The van der Waals surface area contributed by atoms with Gasteiger partial charge in [0.05, 0.1) is 20.3 Å². The van der Waals surface area contributed by atoms with Crippen LogP contribution in [0.25, 0.3) is 0 Å². The maximum atomic E-state index is 5.36. The van der Waals surface area contributed by atoms with Crippen molar-refractivity contribution in [1.29, 1.82) is 0 Å². The van der Waals surface area contributed by atoms with Crippen molar-refractivity contribution in [3.8, 4) is 11.5 Å². The fraction of sp³-hybridized carbons (Fsp3) is 0.438. The van der Waals surface area contributed by atoms with E-state index in [4.69, 9.17) is 9.47 Å². The fourth-order valence-electron chi connectivity index (χ4n) is 2.41. The van der Waals surface area contributed by atoms with Crippen molar-refractivity contribution in [3.05, 3.63) is 42.0 Å². The Labute approximate surface area is 125 Å². The first kappa shape index (κ1) is 15.4. The molecule has 1 heterocycles. The van der Waals surface area contributed by atoms with Gasteiger partial charge >= 0.3 is 0 Å². The Kier molecular flexibility index (Phi) is 5.22. The van der Waals surface area contributed by atoms with Crippen LogP contribution in [0.15, 0.2) is 30.6 Å². The summed E-state index contributed by atoms with van der Waals surface area (Å²) in [5.41, 5.74) is 1.08. The van der Waals surface area contributed by atoms with Crippen LogP contribution in [0.1, 0.15) is 31.3 Å². The number of hydrogen-bond acceptors (Lipinski definition) is 4. The van der Waals surface area contributed by atoms with E-state index in [9.17, 15) is 0 Å². The number of methoxy groups -OCH3 is 2. The van der Waals surface area contributed by atoms with Gasteiger partial charge in [0.2, 0.25) is 0 Å². The molecule has 5 nitrogen and oxygen atoms in total. The minimum absolute atomic E-state index is 0.00829. The molecule has 0 fully saturated rings. The molecule has 2 aromatic rings. The minimum Gasteiger partial charge on any atom is -0.497 e. The molecule has 21 heavy (non-hydrogen) atoms. The van der Waals surface area contributed by atoms with Gasteiger partial charge in [0.15, 0.2) is 0 Å². The van der Waals surface area contributed by atoms with Crippen molar-refractivity contribution in [3.63, 3.8) is 0 Å². The normalized spacial score (nSPS) is 12.2. The molecule has 0 aliphatic rings. The van der Waals surface area contributed by atoms with E-state index in [1.165, 1.54) is 0 Å². The van der Waals surface area contributed by atoms with E-state index in [1.54, 1.807) is 14.2 Å². The van der Waals surface area contributed by atoms with Crippen molar-refractivity contribution in [2.45, 2.75) is 26.4 Å². The number of ether oxygens (including phenoxy) is 2. The van der Waals surface area contributed by atoms with Crippen molar-refractivity contribution in [2.24, 2.45) is 0 Å². The van der Waals surface area contributed by atoms with E-state index in [-0.39, 0.29) is 6.04 Å². The molecule has 114 valence electrons. The lowest BCUT2D eigenvalue weighted by molar-refractivity contribution is 0.392. The molecule has 1 N–H and O–H groups in total. The summed E-state index contributed by atoms with van der Waals surface area (Å²) < 4.78 is 12.9. The van der Waals surface area contributed by atoms with Crippen molar-refractivity contribution in [2.75, 3.05) is 20.8 Å². The Morgan fingerprint density at radius 2 is 1.81 bits per heavy atom. The monoisotopic (exact) mass is 289 g/mol. The predicted molar refractivity (Wildman–Crippen MR) is 83.0 cm³/mol. The highest BCUT2D eigenvalue weighted by Gasteiger charge is 2.19. The van der Waals surface area contributed by atoms with Gasteiger partial charge in [0.25, 0.3) is 0 Å². The van der Waals surface area contributed by atoms with E-state index < -0.39 is 0 Å². The zero-order valence-corrected chi connectivity index (χ0v) is 13.1. The lowest BCUT2D eigenvalue weighted by atomic mass is 10.0. The van der Waals surface area contributed by atoms with Gasteiger partial charge in [-0.15, -0.1) is 0 Å². The number of aryl methyl sites for hydroxylation is 1. The third-order valence-electron chi connectivity index (χ3n) is 3.46. The van der Waals surface area contributed by atoms with Crippen LogP contribution in [0.5, 0.6) is 11.5 Å². The zero-order valence-electron chi connectivity index (χ0n) is 13.1. The summed E-state index contributed by atoms with van der Waals surface area (Å²) in [7, 11) is 3.32. The van der Waals surface area contributed by atoms with E-state index >= 15 is 0 Å². The van der Waals surface area contributed by atoms with Crippen molar-refractivity contribution >= 4 is 0 Å². The predicted octanol–water partition coefficient (Wildman–Crippen LogP) is 2.62. The fourth-order valence-corrected chi connectivity index (χ4v) is 2.41. The Morgan fingerprint density at radius 1 is 1.14 bits per heavy atom. The Bertz CT molecular complexity index is 558. The molecule has 1 atom stereocenters. The van der Waals surface area contributed by atoms with Crippen LogP contribution in [0.3, 0.4) is 0 Å². The first-order valence-corrected chi connectivity index (χ1v) is 7.20. The van der Waals surface area contributed by atoms with Crippen molar-refractivity contribution < 1.29 is 9.47 Å². The van der Waals surface area contributed by atoms with Crippen LogP contribution in [-0.2, 0) is 6.54 Å². The summed E-state index contributed by atoms with van der Waals surface area (Å²) in [4.78, 5) is 4.51. The number of nitrogens with one attached hydrogen (secondary N) is 1. The second-order valence-electron chi connectivity index (χ2n) is 4.71. The van der Waals surface area contributed by atoms with Crippen LogP contribution in [0.4, 0.5) is 0 Å². The summed E-state index contributed by atoms with van der Waals surface area (Å²) in [6.45, 7) is 5.93. The van der Waals surface area contributed by atoms with Gasteiger partial charge < -0.3 is 19.4 Å². The second kappa shape index (κ2) is 7.13. The zero-order chi connectivity index (χ0) is 15.2. The van der Waals surface area contributed by atoms with E-state index in [0.29, 0.717) is 0 Å². The van der Waals surface area contributed by atoms with Gasteiger partial charge in [-0.1, -0.05) is 6.92 Å². The van der Waals surface area contributed by atoms with E-state index in [2.05, 4.69) is 28.7 Å². The molecule has 0 aliphatic carbocycles. The van der Waals surface area contributed by atoms with Crippen molar-refractivity contribution in [1.82, 2.24) is 14.9 Å². The molecule has 5 heteroatoms. The number of nitrogens with zero attached hydrogens (tertiary/aromatic N) is 2. The van der Waals surface area contributed by atoms with Crippen LogP contribution in [0.2, 0.25) is 0 Å². The van der Waals surface area contributed by atoms with Crippen LogP contribution >= 0.6 is 0 Å². The standard InChI is InChI=1S/C16H23N3O2/c1-5-17-15(16-18-7-8-19(16)6-2)12-9-13(20-3)11-14(10-12)21-4/h7-11,15,17H,5-6H2,1-4H3. The SMILES string of the molecule is CCNC(c1cc(OC)cc(OC)c1)c1nccn1CC. The molecule has 1 aromatic heterocycles. The van der Waals surface area contributed by atoms with Crippen LogP contribution in [0, 0.1) is 0 Å². The third kappa shape index (κ3) is 3.36. The number of rotatable bonds is 7. The summed E-state index contributed by atoms with van der Waals surface area (Å²) >= 11 is 0. The topological polar surface area (TPSA) is 48.3 Å². The Hall–Kier alpha value is -2.01. The molecule has 0 spiro atoms. The quantitative estimate of drug-likeness (QED) is 0.851.